The summed E-state index contributed by atoms with van der Waals surface area (Å²) in [6.45, 7) is 4.33. The van der Waals surface area contributed by atoms with Crippen molar-refractivity contribution in [2.24, 2.45) is 0 Å². The number of ether oxygens (including phenoxy) is 3. The van der Waals surface area contributed by atoms with Gasteiger partial charge >= 0.3 is 5.97 Å². The van der Waals surface area contributed by atoms with Crippen LogP contribution in [0, 0.1) is 7.14 Å². The fraction of sp³-hybridized carbons (Fsp3) is 0.333. The number of carbonyl (C=O) groups is 2. The molecule has 0 saturated heterocycles. The van der Waals surface area contributed by atoms with E-state index < -0.39 is 0 Å². The average Bonchev–Trinajstić information content (AvgIpc) is 2.64. The molecule has 2 rings (SSSR count). The third kappa shape index (κ3) is 9.22. The predicted octanol–water partition coefficient (Wildman–Crippen LogP) is 5.18. The minimum Gasteiger partial charge on any atom is -0.495 e. The van der Waals surface area contributed by atoms with Gasteiger partial charge in [-0.25, -0.2) is 0 Å². The highest BCUT2D eigenvalue weighted by Gasteiger charge is 2.06. The molecule has 0 unspecified atom stereocenters. The molecule has 0 heterocycles. The van der Waals surface area contributed by atoms with Gasteiger partial charge < -0.3 is 14.2 Å². The summed E-state index contributed by atoms with van der Waals surface area (Å²) >= 11 is 4.64. The number of benzene rings is 2. The molecule has 0 aromatic heterocycles. The molecule has 2 aromatic carbocycles. The Kier molecular flexibility index (Phi) is 12.1. The van der Waals surface area contributed by atoms with Gasteiger partial charge in [-0.15, -0.1) is 0 Å². The number of aryl methyl sites for hydroxylation is 1. The number of rotatable bonds is 8. The van der Waals surface area contributed by atoms with Crippen molar-refractivity contribution in [3.8, 4) is 11.5 Å². The van der Waals surface area contributed by atoms with Gasteiger partial charge in [0, 0.05) is 13.3 Å². The summed E-state index contributed by atoms with van der Waals surface area (Å²) in [5.74, 6) is 1.18. The first-order chi connectivity index (χ1) is 13.4. The van der Waals surface area contributed by atoms with Crippen LogP contribution < -0.4 is 9.47 Å². The maximum atomic E-state index is 10.6. The van der Waals surface area contributed by atoms with E-state index in [9.17, 15) is 9.59 Å². The second kappa shape index (κ2) is 13.8. The normalized spacial score (nSPS) is 9.75. The predicted molar refractivity (Wildman–Crippen MR) is 126 cm³/mol. The molecule has 0 aliphatic rings. The van der Waals surface area contributed by atoms with E-state index >= 15 is 0 Å². The van der Waals surface area contributed by atoms with Crippen molar-refractivity contribution in [2.75, 3.05) is 13.7 Å². The highest BCUT2D eigenvalue weighted by atomic mass is 127. The quantitative estimate of drug-likeness (QED) is 0.136. The Labute approximate surface area is 193 Å². The van der Waals surface area contributed by atoms with Gasteiger partial charge in [0.2, 0.25) is 0 Å². The third-order valence-corrected chi connectivity index (χ3v) is 5.17. The highest BCUT2D eigenvalue weighted by molar-refractivity contribution is 14.1. The highest BCUT2D eigenvalue weighted by Crippen LogP contribution is 2.28. The Morgan fingerprint density at radius 1 is 1.04 bits per heavy atom. The molecule has 0 spiro atoms. The van der Waals surface area contributed by atoms with Crippen LogP contribution in [0.25, 0.3) is 0 Å². The minimum absolute atomic E-state index is 0.341. The second-order valence-corrected chi connectivity index (χ2v) is 8.12. The number of halogens is 2. The summed E-state index contributed by atoms with van der Waals surface area (Å²) in [6.07, 6.45) is 2.99. The average molecular weight is 610 g/mol. The fourth-order valence-corrected chi connectivity index (χ4v) is 4.69. The van der Waals surface area contributed by atoms with Gasteiger partial charge in [-0.2, -0.15) is 0 Å². The topological polar surface area (TPSA) is 61.8 Å². The first kappa shape index (κ1) is 24.7. The smallest absolute Gasteiger partial charge is 0.308 e. The van der Waals surface area contributed by atoms with E-state index in [2.05, 4.69) is 69.0 Å². The van der Waals surface area contributed by atoms with Crippen LogP contribution >= 0.6 is 45.2 Å². The van der Waals surface area contributed by atoms with E-state index in [0.29, 0.717) is 25.2 Å². The van der Waals surface area contributed by atoms with E-state index in [-0.39, 0.29) is 5.97 Å². The molecular formula is C21H24I2O5. The van der Waals surface area contributed by atoms with E-state index in [0.717, 1.165) is 17.7 Å². The molecule has 0 atom stereocenters. The van der Waals surface area contributed by atoms with Crippen molar-refractivity contribution < 1.29 is 23.8 Å². The number of hydrogen-bond acceptors (Lipinski definition) is 5. The van der Waals surface area contributed by atoms with Crippen LogP contribution in [0.3, 0.4) is 0 Å². The van der Waals surface area contributed by atoms with Gasteiger partial charge in [-0.3, -0.25) is 9.59 Å². The number of esters is 1. The lowest BCUT2D eigenvalue weighted by Crippen LogP contribution is -2.01. The van der Waals surface area contributed by atoms with Crippen LogP contribution in [0.15, 0.2) is 36.4 Å². The van der Waals surface area contributed by atoms with Gasteiger partial charge in [-0.1, -0.05) is 25.5 Å². The lowest BCUT2D eigenvalue weighted by Gasteiger charge is -2.08. The maximum Gasteiger partial charge on any atom is 0.308 e. The Morgan fingerprint density at radius 3 is 2.11 bits per heavy atom. The lowest BCUT2D eigenvalue weighted by atomic mass is 10.1. The Morgan fingerprint density at radius 2 is 1.64 bits per heavy atom. The zero-order valence-electron chi connectivity index (χ0n) is 16.2. The van der Waals surface area contributed by atoms with E-state index in [1.807, 2.05) is 12.1 Å². The Balaban J connectivity index is 0.000000283. The molecule has 28 heavy (non-hydrogen) atoms. The molecule has 0 radical (unpaired) electrons. The van der Waals surface area contributed by atoms with Crippen molar-refractivity contribution in [2.45, 2.75) is 33.1 Å². The van der Waals surface area contributed by atoms with E-state index in [4.69, 9.17) is 9.47 Å². The Hall–Kier alpha value is -1.36. The fourth-order valence-electron chi connectivity index (χ4n) is 2.36. The molecule has 2 aromatic rings. The van der Waals surface area contributed by atoms with Crippen molar-refractivity contribution in [3.05, 3.63) is 54.7 Å². The van der Waals surface area contributed by atoms with Gasteiger partial charge in [0.1, 0.15) is 11.5 Å². The molecule has 5 nitrogen and oxygen atoms in total. The van der Waals surface area contributed by atoms with Crippen LogP contribution in [-0.4, -0.2) is 26.2 Å². The molecule has 0 aliphatic carbocycles. The van der Waals surface area contributed by atoms with Crippen LogP contribution in [0.4, 0.5) is 0 Å². The molecule has 0 bridgehead atoms. The lowest BCUT2D eigenvalue weighted by molar-refractivity contribution is -0.132. The molecule has 0 aliphatic heterocycles. The standard InChI is InChI=1S/C11H12O4.C10H12I2O/c1-9(13)15-11-4-2-10(3-5-11)6-7-14-8-12;1-3-4-7-5-8(11)10(13-2)9(12)6-7/h2-5,8H,6-7H2,1H3;5-6H,3-4H2,1-2H3. The van der Waals surface area contributed by atoms with Crippen molar-refractivity contribution in [1.82, 2.24) is 0 Å². The monoisotopic (exact) mass is 610 g/mol. The molecular weight excluding hydrogens is 586 g/mol. The van der Waals surface area contributed by atoms with E-state index in [1.165, 1.54) is 26.0 Å². The first-order valence-electron chi connectivity index (χ1n) is 8.75. The molecule has 152 valence electrons. The molecule has 0 N–H and O–H groups in total. The molecule has 0 amide bonds. The summed E-state index contributed by atoms with van der Waals surface area (Å²) in [7, 11) is 1.72. The van der Waals surface area contributed by atoms with E-state index in [1.54, 1.807) is 19.2 Å². The zero-order chi connectivity index (χ0) is 20.9. The van der Waals surface area contributed by atoms with Gasteiger partial charge in [0.05, 0.1) is 20.9 Å². The van der Waals surface area contributed by atoms with Crippen LogP contribution in [0.5, 0.6) is 11.5 Å². The number of methoxy groups -OCH3 is 1. The summed E-state index contributed by atoms with van der Waals surface area (Å²) in [6, 6.07) is 11.5. The summed E-state index contributed by atoms with van der Waals surface area (Å²) in [4.78, 5) is 20.5. The maximum absolute atomic E-state index is 10.6. The largest absolute Gasteiger partial charge is 0.495 e. The van der Waals surface area contributed by atoms with Crippen LogP contribution in [0.1, 0.15) is 31.4 Å². The van der Waals surface area contributed by atoms with Crippen molar-refractivity contribution in [3.63, 3.8) is 0 Å². The van der Waals surface area contributed by atoms with Crippen molar-refractivity contribution in [1.29, 1.82) is 0 Å². The van der Waals surface area contributed by atoms with Gasteiger partial charge in [0.15, 0.2) is 0 Å². The second-order valence-electron chi connectivity index (χ2n) is 5.80. The molecule has 0 saturated carbocycles. The number of carbonyl (C=O) groups excluding carboxylic acids is 2. The van der Waals surface area contributed by atoms with Gasteiger partial charge in [-0.05, 0) is 87.0 Å². The first-order valence-corrected chi connectivity index (χ1v) is 10.9. The molecule has 7 heteroatoms. The van der Waals surface area contributed by atoms with Crippen molar-refractivity contribution >= 4 is 57.6 Å². The summed E-state index contributed by atoms with van der Waals surface area (Å²) < 4.78 is 17.1. The van der Waals surface area contributed by atoms with Crippen LogP contribution in [-0.2, 0) is 27.2 Å². The number of hydrogen-bond donors (Lipinski definition) is 0. The molecule has 0 fully saturated rings. The summed E-state index contributed by atoms with van der Waals surface area (Å²) in [5.41, 5.74) is 2.42. The third-order valence-electron chi connectivity index (χ3n) is 3.56. The minimum atomic E-state index is -0.341. The SMILES string of the molecule is CC(=O)Oc1ccc(CCOC=O)cc1.CCCc1cc(I)c(OC)c(I)c1. The Bertz CT molecular complexity index is 737. The van der Waals surface area contributed by atoms with Gasteiger partial charge in [0.25, 0.3) is 6.47 Å². The summed E-state index contributed by atoms with van der Waals surface area (Å²) in [5, 5.41) is 0. The zero-order valence-corrected chi connectivity index (χ0v) is 20.5. The van der Waals surface area contributed by atoms with Crippen LogP contribution in [0.2, 0.25) is 0 Å².